The zero-order valence-corrected chi connectivity index (χ0v) is 11.4. The maximum absolute atomic E-state index is 14.0. The van der Waals surface area contributed by atoms with Gasteiger partial charge in [-0.25, -0.2) is 4.39 Å². The molecule has 1 aromatic rings. The van der Waals surface area contributed by atoms with E-state index in [-0.39, 0.29) is 11.2 Å². The van der Waals surface area contributed by atoms with Gasteiger partial charge in [0.25, 0.3) is 0 Å². The Hall–Kier alpha value is -1.15. The first-order chi connectivity index (χ1) is 8.43. The SMILES string of the molecule is CC1(C)CCC(C=O)=C(c2ccc(Cl)cc2F)C1. The Morgan fingerprint density at radius 1 is 1.39 bits per heavy atom. The average molecular weight is 267 g/mol. The molecule has 1 aromatic carbocycles. The van der Waals surface area contributed by atoms with Crippen LogP contribution in [0, 0.1) is 11.2 Å². The summed E-state index contributed by atoms with van der Waals surface area (Å²) in [5, 5.41) is 0.375. The van der Waals surface area contributed by atoms with Gasteiger partial charge in [-0.2, -0.15) is 0 Å². The number of benzene rings is 1. The van der Waals surface area contributed by atoms with Crippen molar-refractivity contribution in [2.45, 2.75) is 33.1 Å². The van der Waals surface area contributed by atoms with Crippen LogP contribution in [0.1, 0.15) is 38.7 Å². The molecular formula is C15H16ClFO. The summed E-state index contributed by atoms with van der Waals surface area (Å²) in [5.41, 5.74) is 2.16. The van der Waals surface area contributed by atoms with Crippen molar-refractivity contribution in [3.8, 4) is 0 Å². The average Bonchev–Trinajstić information content (AvgIpc) is 2.28. The van der Waals surface area contributed by atoms with Crippen molar-refractivity contribution >= 4 is 23.5 Å². The molecule has 0 heterocycles. The molecule has 0 atom stereocenters. The third kappa shape index (κ3) is 2.64. The number of hydrogen-bond donors (Lipinski definition) is 0. The molecule has 0 saturated carbocycles. The van der Waals surface area contributed by atoms with Crippen molar-refractivity contribution in [3.63, 3.8) is 0 Å². The quantitative estimate of drug-likeness (QED) is 0.713. The Labute approximate surface area is 112 Å². The Morgan fingerprint density at radius 2 is 2.11 bits per heavy atom. The van der Waals surface area contributed by atoms with Crippen molar-refractivity contribution in [2.75, 3.05) is 0 Å². The van der Waals surface area contributed by atoms with Gasteiger partial charge in [0.2, 0.25) is 0 Å². The molecule has 3 heteroatoms. The summed E-state index contributed by atoms with van der Waals surface area (Å²) in [4.78, 5) is 11.1. The van der Waals surface area contributed by atoms with Crippen LogP contribution in [0.4, 0.5) is 4.39 Å². The molecule has 2 rings (SSSR count). The Morgan fingerprint density at radius 3 is 2.72 bits per heavy atom. The summed E-state index contributed by atoms with van der Waals surface area (Å²) >= 11 is 5.76. The lowest BCUT2D eigenvalue weighted by Gasteiger charge is -2.32. The van der Waals surface area contributed by atoms with E-state index in [9.17, 15) is 9.18 Å². The van der Waals surface area contributed by atoms with Gasteiger partial charge in [-0.1, -0.05) is 31.5 Å². The number of aldehydes is 1. The van der Waals surface area contributed by atoms with E-state index < -0.39 is 0 Å². The second kappa shape index (κ2) is 4.85. The highest BCUT2D eigenvalue weighted by molar-refractivity contribution is 6.30. The van der Waals surface area contributed by atoms with E-state index in [1.165, 1.54) is 6.07 Å². The van der Waals surface area contributed by atoms with Crippen LogP contribution >= 0.6 is 11.6 Å². The fourth-order valence-corrected chi connectivity index (χ4v) is 2.60. The maximum Gasteiger partial charge on any atom is 0.146 e. The van der Waals surface area contributed by atoms with Gasteiger partial charge in [0.05, 0.1) is 0 Å². The highest BCUT2D eigenvalue weighted by Gasteiger charge is 2.28. The van der Waals surface area contributed by atoms with Gasteiger partial charge in [-0.05, 0) is 48.0 Å². The number of halogens is 2. The van der Waals surface area contributed by atoms with E-state index in [0.29, 0.717) is 17.0 Å². The van der Waals surface area contributed by atoms with Gasteiger partial charge in [-0.15, -0.1) is 0 Å². The molecule has 0 aromatic heterocycles. The number of allylic oxidation sites excluding steroid dienone is 2. The highest BCUT2D eigenvalue weighted by Crippen LogP contribution is 2.43. The lowest BCUT2D eigenvalue weighted by atomic mass is 9.73. The minimum Gasteiger partial charge on any atom is -0.298 e. The van der Waals surface area contributed by atoms with Crippen molar-refractivity contribution in [2.24, 2.45) is 5.41 Å². The van der Waals surface area contributed by atoms with Crippen LogP contribution in [0.2, 0.25) is 5.02 Å². The second-order valence-electron chi connectivity index (χ2n) is 5.59. The normalized spacial score (nSPS) is 18.9. The molecule has 0 amide bonds. The second-order valence-corrected chi connectivity index (χ2v) is 6.02. The zero-order valence-electron chi connectivity index (χ0n) is 10.6. The maximum atomic E-state index is 14.0. The molecule has 0 fully saturated rings. The first kappa shape index (κ1) is 13.3. The minimum atomic E-state index is -0.352. The predicted octanol–water partition coefficient (Wildman–Crippen LogP) is 4.64. The minimum absolute atomic E-state index is 0.105. The molecule has 18 heavy (non-hydrogen) atoms. The Kier molecular flexibility index (Phi) is 3.58. The largest absolute Gasteiger partial charge is 0.298 e. The summed E-state index contributed by atoms with van der Waals surface area (Å²) in [5.74, 6) is -0.352. The van der Waals surface area contributed by atoms with Gasteiger partial charge in [0, 0.05) is 10.6 Å². The fourth-order valence-electron chi connectivity index (χ4n) is 2.44. The molecular weight excluding hydrogens is 251 g/mol. The third-order valence-electron chi connectivity index (χ3n) is 3.51. The summed E-state index contributed by atoms with van der Waals surface area (Å²) in [6.07, 6.45) is 3.26. The molecule has 1 aliphatic carbocycles. The summed E-state index contributed by atoms with van der Waals surface area (Å²) in [6, 6.07) is 4.63. The van der Waals surface area contributed by atoms with Crippen molar-refractivity contribution in [1.82, 2.24) is 0 Å². The summed E-state index contributed by atoms with van der Waals surface area (Å²) < 4.78 is 14.0. The molecule has 0 N–H and O–H groups in total. The molecule has 0 unspecified atom stereocenters. The van der Waals surface area contributed by atoms with Gasteiger partial charge >= 0.3 is 0 Å². The van der Waals surface area contributed by atoms with Gasteiger partial charge in [0.1, 0.15) is 12.1 Å². The van der Waals surface area contributed by atoms with Crippen LogP contribution < -0.4 is 0 Å². The molecule has 0 radical (unpaired) electrons. The van der Waals surface area contributed by atoms with Gasteiger partial charge in [-0.3, -0.25) is 4.79 Å². The van der Waals surface area contributed by atoms with Crippen LogP contribution in [-0.4, -0.2) is 6.29 Å². The van der Waals surface area contributed by atoms with Crippen LogP contribution in [0.5, 0.6) is 0 Å². The van der Waals surface area contributed by atoms with Crippen LogP contribution in [-0.2, 0) is 4.79 Å². The molecule has 1 aliphatic rings. The molecule has 0 spiro atoms. The number of carbonyl (C=O) groups is 1. The third-order valence-corrected chi connectivity index (χ3v) is 3.75. The highest BCUT2D eigenvalue weighted by atomic mass is 35.5. The first-order valence-electron chi connectivity index (χ1n) is 6.05. The molecule has 0 saturated heterocycles. The van der Waals surface area contributed by atoms with E-state index in [0.717, 1.165) is 30.3 Å². The number of rotatable bonds is 2. The standard InChI is InChI=1S/C15H16ClFO/c1-15(2)6-5-10(9-18)13(8-15)12-4-3-11(16)7-14(12)17/h3-4,7,9H,5-6,8H2,1-2H3. The molecule has 0 bridgehead atoms. The zero-order chi connectivity index (χ0) is 13.3. The summed E-state index contributed by atoms with van der Waals surface area (Å²) in [6.45, 7) is 4.28. The van der Waals surface area contributed by atoms with E-state index in [4.69, 9.17) is 11.6 Å². The summed E-state index contributed by atoms with van der Waals surface area (Å²) in [7, 11) is 0. The monoisotopic (exact) mass is 266 g/mol. The van der Waals surface area contributed by atoms with Crippen molar-refractivity contribution < 1.29 is 9.18 Å². The van der Waals surface area contributed by atoms with E-state index >= 15 is 0 Å². The molecule has 1 nitrogen and oxygen atoms in total. The van der Waals surface area contributed by atoms with E-state index in [1.54, 1.807) is 12.1 Å². The smallest absolute Gasteiger partial charge is 0.146 e. The Bertz CT molecular complexity index is 517. The lowest BCUT2D eigenvalue weighted by Crippen LogP contribution is -2.19. The molecule has 0 aliphatic heterocycles. The van der Waals surface area contributed by atoms with Crippen LogP contribution in [0.25, 0.3) is 5.57 Å². The number of hydrogen-bond acceptors (Lipinski definition) is 1. The fraction of sp³-hybridized carbons (Fsp3) is 0.400. The topological polar surface area (TPSA) is 17.1 Å². The van der Waals surface area contributed by atoms with E-state index in [1.807, 2.05) is 0 Å². The van der Waals surface area contributed by atoms with E-state index in [2.05, 4.69) is 13.8 Å². The van der Waals surface area contributed by atoms with Gasteiger partial charge < -0.3 is 0 Å². The molecule has 96 valence electrons. The predicted molar refractivity (Wildman–Crippen MR) is 72.0 cm³/mol. The van der Waals surface area contributed by atoms with Crippen LogP contribution in [0.15, 0.2) is 23.8 Å². The Balaban J connectivity index is 2.51. The van der Waals surface area contributed by atoms with Crippen molar-refractivity contribution in [1.29, 1.82) is 0 Å². The van der Waals surface area contributed by atoms with Crippen molar-refractivity contribution in [3.05, 3.63) is 40.2 Å². The first-order valence-corrected chi connectivity index (χ1v) is 6.43. The van der Waals surface area contributed by atoms with Crippen LogP contribution in [0.3, 0.4) is 0 Å². The van der Waals surface area contributed by atoms with Gasteiger partial charge in [0.15, 0.2) is 0 Å². The lowest BCUT2D eigenvalue weighted by molar-refractivity contribution is -0.105. The number of carbonyl (C=O) groups excluding carboxylic acids is 1.